The van der Waals surface area contributed by atoms with Crippen molar-refractivity contribution in [3.8, 4) is 0 Å². The van der Waals surface area contributed by atoms with Crippen molar-refractivity contribution in [2.75, 3.05) is 6.54 Å². The van der Waals surface area contributed by atoms with Crippen molar-refractivity contribution in [1.82, 2.24) is 9.78 Å². The summed E-state index contributed by atoms with van der Waals surface area (Å²) < 4.78 is 7.50. The monoisotopic (exact) mass is 227 g/mol. The Balaban J connectivity index is 2.66. The molecule has 0 amide bonds. The van der Waals surface area contributed by atoms with E-state index in [1.807, 2.05) is 24.7 Å². The first-order chi connectivity index (χ1) is 7.58. The van der Waals surface area contributed by atoms with Gasteiger partial charge in [-0.25, -0.2) is 0 Å². The van der Waals surface area contributed by atoms with Crippen molar-refractivity contribution in [1.29, 1.82) is 0 Å². The second-order valence-corrected chi connectivity index (χ2v) is 3.94. The van der Waals surface area contributed by atoms with Gasteiger partial charge in [0, 0.05) is 24.8 Å². The van der Waals surface area contributed by atoms with Crippen LogP contribution in [0.25, 0.3) is 0 Å². The van der Waals surface area contributed by atoms with E-state index >= 15 is 0 Å². The van der Waals surface area contributed by atoms with Gasteiger partial charge in [0.15, 0.2) is 0 Å². The Labute approximate surface area is 96.2 Å². The molecule has 0 saturated heterocycles. The van der Waals surface area contributed by atoms with E-state index in [-0.39, 0.29) is 12.2 Å². The maximum Gasteiger partial charge on any atom is 0.0982 e. The number of aryl methyl sites for hydroxylation is 1. The standard InChI is InChI=1S/C11H21N3O2/c1-4-14-7-10(6-13-14)11(5-12)16-9(3)8(2)15/h6-9,11,15H,4-5,12H2,1-3H3. The minimum Gasteiger partial charge on any atom is -0.391 e. The predicted molar refractivity (Wildman–Crippen MR) is 61.9 cm³/mol. The van der Waals surface area contributed by atoms with Crippen molar-refractivity contribution in [2.24, 2.45) is 5.73 Å². The van der Waals surface area contributed by atoms with Gasteiger partial charge in [-0.3, -0.25) is 4.68 Å². The van der Waals surface area contributed by atoms with E-state index in [1.54, 1.807) is 13.1 Å². The molecule has 0 saturated carbocycles. The molecule has 0 radical (unpaired) electrons. The Kier molecular flexibility index (Phi) is 4.92. The van der Waals surface area contributed by atoms with Crippen LogP contribution in [0.4, 0.5) is 0 Å². The zero-order chi connectivity index (χ0) is 12.1. The number of aromatic nitrogens is 2. The molecule has 0 aliphatic carbocycles. The van der Waals surface area contributed by atoms with E-state index in [2.05, 4.69) is 5.10 Å². The van der Waals surface area contributed by atoms with Crippen LogP contribution in [0.5, 0.6) is 0 Å². The number of nitrogens with two attached hydrogens (primary N) is 1. The normalized spacial score (nSPS) is 17.1. The molecule has 1 aromatic rings. The van der Waals surface area contributed by atoms with Crippen LogP contribution in [0.1, 0.15) is 32.4 Å². The van der Waals surface area contributed by atoms with Crippen LogP contribution in [0.2, 0.25) is 0 Å². The van der Waals surface area contributed by atoms with Gasteiger partial charge in [-0.05, 0) is 20.8 Å². The van der Waals surface area contributed by atoms with Gasteiger partial charge in [-0.15, -0.1) is 0 Å². The number of hydrogen-bond donors (Lipinski definition) is 2. The molecule has 0 aromatic carbocycles. The highest BCUT2D eigenvalue weighted by atomic mass is 16.5. The van der Waals surface area contributed by atoms with Gasteiger partial charge in [-0.2, -0.15) is 5.10 Å². The first kappa shape index (κ1) is 13.2. The van der Waals surface area contributed by atoms with E-state index in [0.717, 1.165) is 12.1 Å². The molecule has 3 atom stereocenters. The number of hydrogen-bond acceptors (Lipinski definition) is 4. The molecule has 3 unspecified atom stereocenters. The summed E-state index contributed by atoms with van der Waals surface area (Å²) in [6.07, 6.45) is 2.74. The van der Waals surface area contributed by atoms with Crippen molar-refractivity contribution in [3.05, 3.63) is 18.0 Å². The van der Waals surface area contributed by atoms with E-state index in [0.29, 0.717) is 6.54 Å². The van der Waals surface area contributed by atoms with Crippen molar-refractivity contribution >= 4 is 0 Å². The fourth-order valence-corrected chi connectivity index (χ4v) is 1.36. The summed E-state index contributed by atoms with van der Waals surface area (Å²) in [7, 11) is 0. The number of aliphatic hydroxyl groups excluding tert-OH is 1. The zero-order valence-corrected chi connectivity index (χ0v) is 10.1. The van der Waals surface area contributed by atoms with Gasteiger partial charge < -0.3 is 15.6 Å². The number of rotatable bonds is 6. The maximum absolute atomic E-state index is 9.38. The van der Waals surface area contributed by atoms with E-state index in [9.17, 15) is 5.11 Å². The van der Waals surface area contributed by atoms with Crippen LogP contribution < -0.4 is 5.73 Å². The van der Waals surface area contributed by atoms with Crippen molar-refractivity contribution < 1.29 is 9.84 Å². The summed E-state index contributed by atoms with van der Waals surface area (Å²) in [6, 6.07) is 0. The topological polar surface area (TPSA) is 73.3 Å². The van der Waals surface area contributed by atoms with Gasteiger partial charge in [0.25, 0.3) is 0 Å². The minimum absolute atomic E-state index is 0.204. The molecule has 0 aliphatic rings. The van der Waals surface area contributed by atoms with Gasteiger partial charge >= 0.3 is 0 Å². The molecule has 0 aliphatic heterocycles. The van der Waals surface area contributed by atoms with Crippen molar-refractivity contribution in [3.63, 3.8) is 0 Å². The summed E-state index contributed by atoms with van der Waals surface area (Å²) >= 11 is 0. The first-order valence-electron chi connectivity index (χ1n) is 5.64. The highest BCUT2D eigenvalue weighted by Gasteiger charge is 2.18. The molecule has 0 fully saturated rings. The van der Waals surface area contributed by atoms with Gasteiger partial charge in [0.2, 0.25) is 0 Å². The second-order valence-electron chi connectivity index (χ2n) is 3.94. The lowest BCUT2D eigenvalue weighted by atomic mass is 10.2. The molecule has 16 heavy (non-hydrogen) atoms. The molecule has 1 rings (SSSR count). The van der Waals surface area contributed by atoms with E-state index < -0.39 is 6.10 Å². The van der Waals surface area contributed by atoms with Gasteiger partial charge in [0.05, 0.1) is 24.5 Å². The largest absolute Gasteiger partial charge is 0.391 e. The molecule has 5 heteroatoms. The van der Waals surface area contributed by atoms with Crippen molar-refractivity contribution in [2.45, 2.75) is 45.6 Å². The highest BCUT2D eigenvalue weighted by molar-refractivity contribution is 5.09. The Bertz CT molecular complexity index is 312. The van der Waals surface area contributed by atoms with Crippen LogP contribution in [0.15, 0.2) is 12.4 Å². The molecular weight excluding hydrogens is 206 g/mol. The lowest BCUT2D eigenvalue weighted by molar-refractivity contribution is -0.0591. The summed E-state index contributed by atoms with van der Waals surface area (Å²) in [6.45, 7) is 6.76. The molecule has 0 bridgehead atoms. The number of aliphatic hydroxyl groups is 1. The molecule has 5 nitrogen and oxygen atoms in total. The average Bonchev–Trinajstić information content (AvgIpc) is 2.73. The lowest BCUT2D eigenvalue weighted by Gasteiger charge is -2.22. The smallest absolute Gasteiger partial charge is 0.0982 e. The maximum atomic E-state index is 9.38. The van der Waals surface area contributed by atoms with Crippen LogP contribution in [0.3, 0.4) is 0 Å². The molecule has 3 N–H and O–H groups in total. The van der Waals surface area contributed by atoms with Crippen LogP contribution in [-0.2, 0) is 11.3 Å². The quantitative estimate of drug-likeness (QED) is 0.750. The molecule has 1 aromatic heterocycles. The third-order valence-electron chi connectivity index (χ3n) is 2.62. The van der Waals surface area contributed by atoms with Crippen LogP contribution in [0, 0.1) is 0 Å². The third kappa shape index (κ3) is 3.30. The van der Waals surface area contributed by atoms with Gasteiger partial charge in [0.1, 0.15) is 0 Å². The lowest BCUT2D eigenvalue weighted by Crippen LogP contribution is -2.28. The summed E-state index contributed by atoms with van der Waals surface area (Å²) in [5.74, 6) is 0. The van der Waals surface area contributed by atoms with Gasteiger partial charge in [-0.1, -0.05) is 0 Å². The second kappa shape index (κ2) is 5.98. The van der Waals surface area contributed by atoms with E-state index in [4.69, 9.17) is 10.5 Å². The Morgan fingerprint density at radius 2 is 2.25 bits per heavy atom. The van der Waals surface area contributed by atoms with E-state index in [1.165, 1.54) is 0 Å². The number of nitrogens with zero attached hydrogens (tertiary/aromatic N) is 2. The Morgan fingerprint density at radius 1 is 1.56 bits per heavy atom. The molecule has 0 spiro atoms. The summed E-state index contributed by atoms with van der Waals surface area (Å²) in [5.41, 5.74) is 6.62. The molecule has 92 valence electrons. The fraction of sp³-hybridized carbons (Fsp3) is 0.727. The molecular formula is C11H21N3O2. The summed E-state index contributed by atoms with van der Waals surface area (Å²) in [5, 5.41) is 13.6. The zero-order valence-electron chi connectivity index (χ0n) is 10.1. The SMILES string of the molecule is CCn1cc(C(CN)OC(C)C(C)O)cn1. The Hall–Kier alpha value is -0.910. The van der Waals surface area contributed by atoms with Crippen LogP contribution in [-0.4, -0.2) is 33.6 Å². The predicted octanol–water partition coefficient (Wildman–Crippen LogP) is 0.689. The number of ether oxygens (including phenoxy) is 1. The highest BCUT2D eigenvalue weighted by Crippen LogP contribution is 2.18. The Morgan fingerprint density at radius 3 is 2.69 bits per heavy atom. The third-order valence-corrected chi connectivity index (χ3v) is 2.62. The average molecular weight is 227 g/mol. The molecule has 1 heterocycles. The van der Waals surface area contributed by atoms with Crippen LogP contribution >= 0.6 is 0 Å². The summed E-state index contributed by atoms with van der Waals surface area (Å²) in [4.78, 5) is 0. The first-order valence-corrected chi connectivity index (χ1v) is 5.64. The minimum atomic E-state index is -0.504. The fourth-order valence-electron chi connectivity index (χ4n) is 1.36.